The summed E-state index contributed by atoms with van der Waals surface area (Å²) in [6, 6.07) is 0. The van der Waals surface area contributed by atoms with Gasteiger partial charge in [0.25, 0.3) is 0 Å². The van der Waals surface area contributed by atoms with Crippen LogP contribution in [0.3, 0.4) is 0 Å². The largest absolute Gasteiger partial charge is 0.348 e. The lowest BCUT2D eigenvalue weighted by atomic mass is 9.91. The van der Waals surface area contributed by atoms with E-state index in [0.29, 0.717) is 5.92 Å². The number of hydrogen-bond acceptors (Lipinski definition) is 4. The maximum Gasteiger partial charge on any atom is 0.120 e. The van der Waals surface area contributed by atoms with Crippen LogP contribution in [0.25, 0.3) is 0 Å². The summed E-state index contributed by atoms with van der Waals surface area (Å²) >= 11 is 0. The van der Waals surface area contributed by atoms with Crippen LogP contribution in [0.15, 0.2) is 24.9 Å². The third-order valence-corrected chi connectivity index (χ3v) is 3.84. The van der Waals surface area contributed by atoms with Gasteiger partial charge in [0.1, 0.15) is 12.2 Å². The molecule has 0 radical (unpaired) electrons. The highest BCUT2D eigenvalue weighted by Crippen LogP contribution is 2.28. The second-order valence-electron chi connectivity index (χ2n) is 5.18. The molecular weight excluding hydrogens is 238 g/mol. The summed E-state index contributed by atoms with van der Waals surface area (Å²) in [5, 5.41) is 0. The van der Waals surface area contributed by atoms with Crippen molar-refractivity contribution in [3.8, 4) is 0 Å². The number of rotatable bonds is 3. The van der Waals surface area contributed by atoms with Gasteiger partial charge in [-0.1, -0.05) is 0 Å². The van der Waals surface area contributed by atoms with Gasteiger partial charge in [-0.15, -0.1) is 0 Å². The molecule has 1 aliphatic heterocycles. The monoisotopic (exact) mass is 257 g/mol. The van der Waals surface area contributed by atoms with Gasteiger partial charge in [-0.25, -0.2) is 15.0 Å². The number of aryl methyl sites for hydroxylation is 1. The lowest BCUT2D eigenvalue weighted by Crippen LogP contribution is -2.33. The van der Waals surface area contributed by atoms with Crippen molar-refractivity contribution in [2.45, 2.75) is 32.2 Å². The van der Waals surface area contributed by atoms with Crippen molar-refractivity contribution in [1.29, 1.82) is 0 Å². The Hall–Kier alpha value is -1.75. The summed E-state index contributed by atoms with van der Waals surface area (Å²) in [6.07, 6.45) is 9.60. The van der Waals surface area contributed by atoms with Crippen molar-refractivity contribution < 1.29 is 0 Å². The fraction of sp³-hybridized carbons (Fsp3) is 0.500. The molecule has 0 spiro atoms. The van der Waals surface area contributed by atoms with Gasteiger partial charge in [-0.05, 0) is 38.4 Å². The van der Waals surface area contributed by atoms with Gasteiger partial charge >= 0.3 is 0 Å². The van der Waals surface area contributed by atoms with Crippen molar-refractivity contribution in [1.82, 2.24) is 24.8 Å². The van der Waals surface area contributed by atoms with Crippen LogP contribution in [0.5, 0.6) is 0 Å². The van der Waals surface area contributed by atoms with Gasteiger partial charge in [-0.2, -0.15) is 0 Å². The van der Waals surface area contributed by atoms with Crippen LogP contribution >= 0.6 is 0 Å². The van der Waals surface area contributed by atoms with Gasteiger partial charge in [-0.3, -0.25) is 4.90 Å². The van der Waals surface area contributed by atoms with Crippen LogP contribution in [-0.4, -0.2) is 37.9 Å². The van der Waals surface area contributed by atoms with Crippen LogP contribution in [0, 0.1) is 6.92 Å². The van der Waals surface area contributed by atoms with Gasteiger partial charge in [0.05, 0.1) is 6.54 Å². The van der Waals surface area contributed by atoms with Crippen LogP contribution in [-0.2, 0) is 6.54 Å². The highest BCUT2D eigenvalue weighted by atomic mass is 15.2. The molecule has 100 valence electrons. The predicted molar refractivity (Wildman–Crippen MR) is 72.6 cm³/mol. The molecule has 1 fully saturated rings. The summed E-state index contributed by atoms with van der Waals surface area (Å²) in [7, 11) is 0. The molecule has 2 aromatic rings. The van der Waals surface area contributed by atoms with Crippen molar-refractivity contribution in [3.05, 3.63) is 42.0 Å². The molecule has 2 aromatic heterocycles. The van der Waals surface area contributed by atoms with Gasteiger partial charge in [0.2, 0.25) is 0 Å². The smallest absolute Gasteiger partial charge is 0.120 e. The van der Waals surface area contributed by atoms with Crippen molar-refractivity contribution >= 4 is 0 Å². The summed E-state index contributed by atoms with van der Waals surface area (Å²) in [5.74, 6) is 1.63. The molecule has 5 heteroatoms. The van der Waals surface area contributed by atoms with Crippen LogP contribution in [0.1, 0.15) is 35.8 Å². The molecule has 0 saturated carbocycles. The van der Waals surface area contributed by atoms with Crippen molar-refractivity contribution in [2.75, 3.05) is 13.1 Å². The number of piperidine rings is 1. The number of nitrogens with one attached hydrogen (secondary N) is 1. The topological polar surface area (TPSA) is 57.7 Å². The third kappa shape index (κ3) is 2.81. The second kappa shape index (κ2) is 5.48. The molecule has 0 aliphatic carbocycles. The van der Waals surface area contributed by atoms with E-state index >= 15 is 0 Å². The predicted octanol–water partition coefficient (Wildman–Crippen LogP) is 1.89. The number of likely N-dealkylation sites (tertiary alicyclic amines) is 1. The first-order valence-corrected chi connectivity index (χ1v) is 6.80. The lowest BCUT2D eigenvalue weighted by Gasteiger charge is -2.31. The van der Waals surface area contributed by atoms with E-state index in [1.54, 1.807) is 6.33 Å². The highest BCUT2D eigenvalue weighted by molar-refractivity contribution is 5.18. The first kappa shape index (κ1) is 12.3. The van der Waals surface area contributed by atoms with E-state index in [-0.39, 0.29) is 0 Å². The Balaban J connectivity index is 1.59. The van der Waals surface area contributed by atoms with E-state index in [1.807, 2.05) is 18.6 Å². The number of aromatic nitrogens is 4. The Morgan fingerprint density at radius 1 is 1.32 bits per heavy atom. The summed E-state index contributed by atoms with van der Waals surface area (Å²) < 4.78 is 0. The summed E-state index contributed by atoms with van der Waals surface area (Å²) in [4.78, 5) is 18.4. The molecule has 1 N–H and O–H groups in total. The number of hydrogen-bond donors (Lipinski definition) is 1. The zero-order chi connectivity index (χ0) is 13.1. The molecule has 0 unspecified atom stereocenters. The van der Waals surface area contributed by atoms with E-state index in [4.69, 9.17) is 0 Å². The molecule has 3 rings (SSSR count). The number of aromatic amines is 1. The average Bonchev–Trinajstić information content (AvgIpc) is 2.93. The molecule has 1 aliphatic rings. The first-order valence-electron chi connectivity index (χ1n) is 6.80. The van der Waals surface area contributed by atoms with E-state index in [1.165, 1.54) is 24.1 Å². The normalized spacial score (nSPS) is 17.7. The molecule has 0 bridgehead atoms. The highest BCUT2D eigenvalue weighted by Gasteiger charge is 2.23. The SMILES string of the molecule is Cc1cncnc1C1CCN(Cc2ncc[nH]2)CC1. The maximum atomic E-state index is 4.45. The number of H-pyrrole nitrogens is 1. The molecule has 0 amide bonds. The van der Waals surface area contributed by atoms with Gasteiger partial charge < -0.3 is 4.98 Å². The zero-order valence-corrected chi connectivity index (χ0v) is 11.2. The summed E-state index contributed by atoms with van der Waals surface area (Å²) in [6.45, 7) is 5.23. The Morgan fingerprint density at radius 2 is 2.16 bits per heavy atom. The zero-order valence-electron chi connectivity index (χ0n) is 11.2. The average molecular weight is 257 g/mol. The molecular formula is C14H19N5. The molecule has 0 aromatic carbocycles. The van der Waals surface area contributed by atoms with Crippen LogP contribution in [0.4, 0.5) is 0 Å². The standard InChI is InChI=1S/C14H19N5/c1-11-8-15-10-18-14(11)12-2-6-19(7-3-12)9-13-16-4-5-17-13/h4-5,8,10,12H,2-3,6-7,9H2,1H3,(H,16,17). The third-order valence-electron chi connectivity index (χ3n) is 3.84. The van der Waals surface area contributed by atoms with Crippen LogP contribution in [0.2, 0.25) is 0 Å². The molecule has 5 nitrogen and oxygen atoms in total. The molecule has 0 atom stereocenters. The van der Waals surface area contributed by atoms with E-state index in [0.717, 1.165) is 25.5 Å². The van der Waals surface area contributed by atoms with Gasteiger partial charge in [0, 0.05) is 30.2 Å². The Kier molecular flexibility index (Phi) is 3.55. The van der Waals surface area contributed by atoms with Crippen molar-refractivity contribution in [2.24, 2.45) is 0 Å². The molecule has 3 heterocycles. The minimum Gasteiger partial charge on any atom is -0.348 e. The Bertz CT molecular complexity index is 514. The number of imidazole rings is 1. The molecule has 1 saturated heterocycles. The fourth-order valence-corrected chi connectivity index (χ4v) is 2.80. The lowest BCUT2D eigenvalue weighted by molar-refractivity contribution is 0.199. The number of nitrogens with zero attached hydrogens (tertiary/aromatic N) is 4. The summed E-state index contributed by atoms with van der Waals surface area (Å²) in [5.41, 5.74) is 2.44. The minimum absolute atomic E-state index is 0.579. The minimum atomic E-state index is 0.579. The quantitative estimate of drug-likeness (QED) is 0.912. The fourth-order valence-electron chi connectivity index (χ4n) is 2.80. The first-order chi connectivity index (χ1) is 9.33. The Morgan fingerprint density at radius 3 is 2.84 bits per heavy atom. The second-order valence-corrected chi connectivity index (χ2v) is 5.18. The van der Waals surface area contributed by atoms with E-state index in [2.05, 4.69) is 31.8 Å². The van der Waals surface area contributed by atoms with E-state index < -0.39 is 0 Å². The van der Waals surface area contributed by atoms with Crippen LogP contribution < -0.4 is 0 Å². The van der Waals surface area contributed by atoms with Crippen molar-refractivity contribution in [3.63, 3.8) is 0 Å². The maximum absolute atomic E-state index is 4.45. The van der Waals surface area contributed by atoms with E-state index in [9.17, 15) is 0 Å². The Labute approximate surface area is 113 Å². The molecule has 19 heavy (non-hydrogen) atoms. The van der Waals surface area contributed by atoms with Gasteiger partial charge in [0.15, 0.2) is 0 Å².